The van der Waals surface area contributed by atoms with Crippen LogP contribution in [0.25, 0.3) is 0 Å². The normalized spacial score (nSPS) is 20.7. The summed E-state index contributed by atoms with van der Waals surface area (Å²) in [5.74, 6) is -2.36. The lowest BCUT2D eigenvalue weighted by molar-refractivity contribution is -0.223. The van der Waals surface area contributed by atoms with Gasteiger partial charge in [0.2, 0.25) is 0 Å². The molecule has 0 aliphatic heterocycles. The molecule has 166 valence electrons. The molecule has 3 atom stereocenters. The highest BCUT2D eigenvalue weighted by molar-refractivity contribution is 5.87. The van der Waals surface area contributed by atoms with Gasteiger partial charge in [0, 0.05) is 25.2 Å². The molecule has 0 radical (unpaired) electrons. The van der Waals surface area contributed by atoms with E-state index < -0.39 is 29.4 Å². The number of halogens is 3. The zero-order valence-corrected chi connectivity index (χ0v) is 17.4. The molecule has 7 heteroatoms. The predicted molar refractivity (Wildman–Crippen MR) is 104 cm³/mol. The Balaban J connectivity index is 2.44. The monoisotopic (exact) mass is 418 g/mol. The number of aliphatic carboxylic acids is 1. The van der Waals surface area contributed by atoms with Crippen molar-refractivity contribution < 1.29 is 32.7 Å². The number of rotatable bonds is 13. The minimum absolute atomic E-state index is 0.00680. The van der Waals surface area contributed by atoms with Crippen LogP contribution in [0.2, 0.25) is 0 Å². The van der Waals surface area contributed by atoms with E-state index in [9.17, 15) is 32.7 Å². The molecule has 1 unspecified atom stereocenters. The van der Waals surface area contributed by atoms with Crippen LogP contribution in [0.5, 0.6) is 0 Å². The molecule has 1 fully saturated rings. The molecule has 1 N–H and O–H groups in total. The molecule has 29 heavy (non-hydrogen) atoms. The van der Waals surface area contributed by atoms with Crippen LogP contribution in [0.4, 0.5) is 13.2 Å². The molecular weight excluding hydrogens is 385 g/mol. The van der Waals surface area contributed by atoms with Gasteiger partial charge >= 0.3 is 12.1 Å². The van der Waals surface area contributed by atoms with Gasteiger partial charge in [-0.2, -0.15) is 13.2 Å². The van der Waals surface area contributed by atoms with E-state index >= 15 is 0 Å². The number of hydrogen-bond acceptors (Lipinski definition) is 3. The second kappa shape index (κ2) is 11.5. The van der Waals surface area contributed by atoms with E-state index in [1.165, 1.54) is 6.92 Å². The van der Waals surface area contributed by atoms with Gasteiger partial charge in [-0.1, -0.05) is 38.8 Å². The number of carbonyl (C=O) groups excluding carboxylic acids is 2. The zero-order chi connectivity index (χ0) is 22.1. The van der Waals surface area contributed by atoms with Crippen LogP contribution < -0.4 is 0 Å². The molecule has 0 aromatic heterocycles. The van der Waals surface area contributed by atoms with Crippen LogP contribution in [-0.4, -0.2) is 28.8 Å². The minimum atomic E-state index is -4.33. The van der Waals surface area contributed by atoms with Crippen LogP contribution in [0.15, 0.2) is 12.2 Å². The van der Waals surface area contributed by atoms with E-state index in [2.05, 4.69) is 0 Å². The molecule has 1 aliphatic rings. The SMILES string of the molecule is CCCCC(C)(CCC(=O)CC=CCC[C@H](C(=O)O)[C@H]1CCCC1=O)C(F)(F)F. The Morgan fingerprint density at radius 2 is 1.93 bits per heavy atom. The van der Waals surface area contributed by atoms with E-state index in [1.54, 1.807) is 12.2 Å². The standard InChI is InChI=1S/C22H33F3O4/c1-3-4-14-21(2,22(23,24)25)15-13-16(26)9-6-5-7-10-18(20(28)29)17-11-8-12-19(17)27/h5-6,17-18H,3-4,7-15H2,1-2H3,(H,28,29)/t17-,18+,21?/m1/s1. The number of carbonyl (C=O) groups is 3. The predicted octanol–water partition coefficient (Wildman–Crippen LogP) is 5.89. The van der Waals surface area contributed by atoms with Gasteiger partial charge in [-0.25, -0.2) is 0 Å². The Bertz CT molecular complexity index is 597. The molecule has 0 saturated heterocycles. The van der Waals surface area contributed by atoms with Crippen molar-refractivity contribution in [2.24, 2.45) is 17.3 Å². The van der Waals surface area contributed by atoms with Gasteiger partial charge in [0.15, 0.2) is 0 Å². The molecule has 0 bridgehead atoms. The summed E-state index contributed by atoms with van der Waals surface area (Å²) in [4.78, 5) is 35.2. The largest absolute Gasteiger partial charge is 0.481 e. The third-order valence-corrected chi connectivity index (χ3v) is 6.03. The molecule has 0 amide bonds. The summed E-state index contributed by atoms with van der Waals surface area (Å²) >= 11 is 0. The van der Waals surface area contributed by atoms with Gasteiger partial charge in [0.05, 0.1) is 11.3 Å². The van der Waals surface area contributed by atoms with E-state index in [-0.39, 0.29) is 37.2 Å². The van der Waals surface area contributed by atoms with Crippen LogP contribution in [0.3, 0.4) is 0 Å². The average Bonchev–Trinajstić information content (AvgIpc) is 3.05. The third-order valence-electron chi connectivity index (χ3n) is 6.03. The minimum Gasteiger partial charge on any atom is -0.481 e. The summed E-state index contributed by atoms with van der Waals surface area (Å²) < 4.78 is 40.0. The molecule has 0 spiro atoms. The highest BCUT2D eigenvalue weighted by atomic mass is 19.4. The fraction of sp³-hybridized carbons (Fsp3) is 0.773. The number of hydrogen-bond donors (Lipinski definition) is 1. The van der Waals surface area contributed by atoms with Gasteiger partial charge in [-0.3, -0.25) is 14.4 Å². The maximum absolute atomic E-state index is 13.3. The Morgan fingerprint density at radius 1 is 1.24 bits per heavy atom. The van der Waals surface area contributed by atoms with Crippen LogP contribution in [0.1, 0.15) is 84.5 Å². The summed E-state index contributed by atoms with van der Waals surface area (Å²) in [6.07, 6.45) is 2.33. The second-order valence-electron chi connectivity index (χ2n) is 8.36. The smallest absolute Gasteiger partial charge is 0.394 e. The molecule has 1 rings (SSSR count). The fourth-order valence-corrected chi connectivity index (χ4v) is 3.87. The van der Waals surface area contributed by atoms with Crippen molar-refractivity contribution in [1.82, 2.24) is 0 Å². The molecular formula is C22H33F3O4. The molecule has 1 aliphatic carbocycles. The van der Waals surface area contributed by atoms with Gasteiger partial charge in [-0.15, -0.1) is 0 Å². The molecule has 0 aromatic rings. The first-order valence-electron chi connectivity index (χ1n) is 10.5. The van der Waals surface area contributed by atoms with Crippen molar-refractivity contribution in [3.05, 3.63) is 12.2 Å². The van der Waals surface area contributed by atoms with E-state index in [0.717, 1.165) is 6.42 Å². The Kier molecular flexibility index (Phi) is 10.1. The van der Waals surface area contributed by atoms with Gasteiger partial charge in [0.1, 0.15) is 11.6 Å². The first-order chi connectivity index (χ1) is 13.5. The lowest BCUT2D eigenvalue weighted by atomic mass is 9.79. The topological polar surface area (TPSA) is 71.4 Å². The lowest BCUT2D eigenvalue weighted by Gasteiger charge is -2.32. The van der Waals surface area contributed by atoms with Crippen molar-refractivity contribution in [3.8, 4) is 0 Å². The number of alkyl halides is 3. The van der Waals surface area contributed by atoms with Gasteiger partial charge < -0.3 is 5.11 Å². The summed E-state index contributed by atoms with van der Waals surface area (Å²) in [7, 11) is 0. The van der Waals surface area contributed by atoms with E-state index in [1.807, 2.05) is 6.92 Å². The number of carboxylic acids is 1. The van der Waals surface area contributed by atoms with Crippen molar-refractivity contribution in [2.75, 3.05) is 0 Å². The first-order valence-corrected chi connectivity index (χ1v) is 10.5. The number of unbranched alkanes of at least 4 members (excludes halogenated alkanes) is 1. The number of ketones is 2. The maximum Gasteiger partial charge on any atom is 0.394 e. The summed E-state index contributed by atoms with van der Waals surface area (Å²) in [5.41, 5.74) is -1.84. The number of allylic oxidation sites excluding steroid dienone is 2. The Labute approximate surface area is 170 Å². The van der Waals surface area contributed by atoms with Crippen molar-refractivity contribution >= 4 is 17.5 Å². The van der Waals surface area contributed by atoms with Gasteiger partial charge in [-0.05, 0) is 38.5 Å². The Hall–Kier alpha value is -1.66. The second-order valence-corrected chi connectivity index (χ2v) is 8.36. The van der Waals surface area contributed by atoms with Crippen LogP contribution in [0, 0.1) is 17.3 Å². The fourth-order valence-electron chi connectivity index (χ4n) is 3.87. The number of carboxylic acid groups (broad SMARTS) is 1. The highest BCUT2D eigenvalue weighted by Crippen LogP contribution is 2.45. The maximum atomic E-state index is 13.3. The van der Waals surface area contributed by atoms with Crippen molar-refractivity contribution in [1.29, 1.82) is 0 Å². The zero-order valence-electron chi connectivity index (χ0n) is 17.4. The first kappa shape index (κ1) is 25.4. The van der Waals surface area contributed by atoms with Crippen molar-refractivity contribution in [3.63, 3.8) is 0 Å². The Morgan fingerprint density at radius 3 is 2.45 bits per heavy atom. The highest BCUT2D eigenvalue weighted by Gasteiger charge is 2.49. The van der Waals surface area contributed by atoms with Gasteiger partial charge in [0.25, 0.3) is 0 Å². The van der Waals surface area contributed by atoms with E-state index in [0.29, 0.717) is 38.5 Å². The average molecular weight is 418 g/mol. The molecule has 4 nitrogen and oxygen atoms in total. The van der Waals surface area contributed by atoms with E-state index in [4.69, 9.17) is 0 Å². The summed E-state index contributed by atoms with van der Waals surface area (Å²) in [5, 5.41) is 9.35. The lowest BCUT2D eigenvalue weighted by Crippen LogP contribution is -2.35. The quantitative estimate of drug-likeness (QED) is 0.379. The molecule has 0 heterocycles. The van der Waals surface area contributed by atoms with Crippen molar-refractivity contribution in [2.45, 2.75) is 90.7 Å². The van der Waals surface area contributed by atoms with Crippen LogP contribution >= 0.6 is 0 Å². The summed E-state index contributed by atoms with van der Waals surface area (Å²) in [6, 6.07) is 0. The number of Topliss-reactive ketones (excluding diaryl/α,β-unsaturated/α-hetero) is 2. The third kappa shape index (κ3) is 7.94. The summed E-state index contributed by atoms with van der Waals surface area (Å²) in [6.45, 7) is 3.02. The molecule has 1 saturated carbocycles. The van der Waals surface area contributed by atoms with Crippen LogP contribution in [-0.2, 0) is 14.4 Å². The molecule has 0 aromatic carbocycles.